The monoisotopic (exact) mass is 300 g/mol. The van der Waals surface area contributed by atoms with Crippen LogP contribution in [-0.2, 0) is 0 Å². The van der Waals surface area contributed by atoms with Crippen LogP contribution >= 0.6 is 11.6 Å². The molecule has 1 aromatic carbocycles. The van der Waals surface area contributed by atoms with Gasteiger partial charge in [0.25, 0.3) is 11.6 Å². The molecular formula is C13H17ClN2O4. The summed E-state index contributed by atoms with van der Waals surface area (Å²) in [5.74, 6) is -0.247. The summed E-state index contributed by atoms with van der Waals surface area (Å²) in [6.07, 6.45) is 1.51. The maximum Gasteiger partial charge on any atom is 0.288 e. The Morgan fingerprint density at radius 2 is 2.25 bits per heavy atom. The number of carbonyl (C=O) groups excluding carboxylic acids is 1. The molecule has 0 radical (unpaired) electrons. The third kappa shape index (κ3) is 4.47. The van der Waals surface area contributed by atoms with Gasteiger partial charge in [0.15, 0.2) is 0 Å². The molecule has 1 rings (SSSR count). The van der Waals surface area contributed by atoms with Gasteiger partial charge in [-0.15, -0.1) is 0 Å². The molecule has 0 saturated carbocycles. The fourth-order valence-corrected chi connectivity index (χ4v) is 1.96. The number of aliphatic hydroxyl groups is 1. The predicted octanol–water partition coefficient (Wildman–Crippen LogP) is 2.39. The number of nitrogens with one attached hydrogen (secondary N) is 1. The second kappa shape index (κ2) is 7.81. The number of rotatable bonds is 7. The minimum absolute atomic E-state index is 0.0936. The SMILES string of the molecule is CC(CO)CCCNC(=O)c1cccc([N+](=O)[O-])c1Cl. The van der Waals surface area contributed by atoms with Crippen molar-refractivity contribution < 1.29 is 14.8 Å². The lowest BCUT2D eigenvalue weighted by molar-refractivity contribution is -0.384. The topological polar surface area (TPSA) is 92.5 Å². The number of benzene rings is 1. The molecule has 1 aromatic rings. The van der Waals surface area contributed by atoms with Crippen LogP contribution in [-0.4, -0.2) is 29.1 Å². The molecule has 0 aliphatic rings. The zero-order valence-electron chi connectivity index (χ0n) is 11.1. The van der Waals surface area contributed by atoms with E-state index in [-0.39, 0.29) is 28.8 Å². The summed E-state index contributed by atoms with van der Waals surface area (Å²) in [7, 11) is 0. The van der Waals surface area contributed by atoms with Crippen LogP contribution in [0.15, 0.2) is 18.2 Å². The number of halogens is 1. The maximum atomic E-state index is 11.9. The lowest BCUT2D eigenvalue weighted by atomic mass is 10.1. The summed E-state index contributed by atoms with van der Waals surface area (Å²) in [6.45, 7) is 2.46. The molecule has 0 aliphatic carbocycles. The Labute approximate surface area is 121 Å². The smallest absolute Gasteiger partial charge is 0.288 e. The molecule has 1 unspecified atom stereocenters. The normalized spacial score (nSPS) is 11.9. The molecule has 110 valence electrons. The van der Waals surface area contributed by atoms with Gasteiger partial charge in [-0.05, 0) is 24.8 Å². The minimum Gasteiger partial charge on any atom is -0.396 e. The highest BCUT2D eigenvalue weighted by Gasteiger charge is 2.19. The minimum atomic E-state index is -0.623. The van der Waals surface area contributed by atoms with E-state index < -0.39 is 10.8 Å². The molecule has 0 spiro atoms. The van der Waals surface area contributed by atoms with Gasteiger partial charge in [0.2, 0.25) is 0 Å². The van der Waals surface area contributed by atoms with Crippen molar-refractivity contribution in [2.45, 2.75) is 19.8 Å². The van der Waals surface area contributed by atoms with Crippen LogP contribution in [0.2, 0.25) is 5.02 Å². The van der Waals surface area contributed by atoms with E-state index in [1.165, 1.54) is 18.2 Å². The zero-order chi connectivity index (χ0) is 15.1. The van der Waals surface area contributed by atoms with Gasteiger partial charge in [-0.2, -0.15) is 0 Å². The number of nitro groups is 1. The lowest BCUT2D eigenvalue weighted by Crippen LogP contribution is -2.25. The van der Waals surface area contributed by atoms with E-state index in [4.69, 9.17) is 16.7 Å². The molecule has 20 heavy (non-hydrogen) atoms. The lowest BCUT2D eigenvalue weighted by Gasteiger charge is -2.09. The van der Waals surface area contributed by atoms with Crippen LogP contribution in [0, 0.1) is 16.0 Å². The Kier molecular flexibility index (Phi) is 6.41. The average Bonchev–Trinajstić information content (AvgIpc) is 2.42. The van der Waals surface area contributed by atoms with Crippen molar-refractivity contribution in [1.29, 1.82) is 0 Å². The maximum absolute atomic E-state index is 11.9. The van der Waals surface area contributed by atoms with Crippen molar-refractivity contribution in [2.75, 3.05) is 13.2 Å². The largest absolute Gasteiger partial charge is 0.396 e. The highest BCUT2D eigenvalue weighted by Crippen LogP contribution is 2.27. The van der Waals surface area contributed by atoms with E-state index in [0.717, 1.165) is 12.8 Å². The van der Waals surface area contributed by atoms with E-state index in [0.29, 0.717) is 6.54 Å². The van der Waals surface area contributed by atoms with E-state index in [1.54, 1.807) is 0 Å². The Hall–Kier alpha value is -1.66. The van der Waals surface area contributed by atoms with Crippen molar-refractivity contribution in [3.8, 4) is 0 Å². The quantitative estimate of drug-likeness (QED) is 0.459. The summed E-state index contributed by atoms with van der Waals surface area (Å²) in [5, 5.41) is 22.1. The van der Waals surface area contributed by atoms with Gasteiger partial charge < -0.3 is 10.4 Å². The summed E-state index contributed by atoms with van der Waals surface area (Å²) >= 11 is 5.85. The van der Waals surface area contributed by atoms with Gasteiger partial charge >= 0.3 is 0 Å². The summed E-state index contributed by atoms with van der Waals surface area (Å²) in [6, 6.07) is 4.12. The van der Waals surface area contributed by atoms with Crippen LogP contribution in [0.3, 0.4) is 0 Å². The number of nitro benzene ring substituents is 1. The predicted molar refractivity (Wildman–Crippen MR) is 75.9 cm³/mol. The van der Waals surface area contributed by atoms with Gasteiger partial charge in [-0.3, -0.25) is 14.9 Å². The Morgan fingerprint density at radius 3 is 2.85 bits per heavy atom. The number of hydrogen-bond donors (Lipinski definition) is 2. The summed E-state index contributed by atoms with van der Waals surface area (Å²) in [4.78, 5) is 22.0. The number of aliphatic hydroxyl groups excluding tert-OH is 1. The van der Waals surface area contributed by atoms with Gasteiger partial charge in [-0.1, -0.05) is 24.6 Å². The molecule has 1 amide bonds. The molecule has 0 aliphatic heterocycles. The second-order valence-corrected chi connectivity index (χ2v) is 4.96. The first kappa shape index (κ1) is 16.4. The molecule has 6 nitrogen and oxygen atoms in total. The first-order valence-corrected chi connectivity index (χ1v) is 6.67. The van der Waals surface area contributed by atoms with Crippen molar-refractivity contribution >= 4 is 23.2 Å². The van der Waals surface area contributed by atoms with Crippen LogP contribution in [0.1, 0.15) is 30.1 Å². The van der Waals surface area contributed by atoms with Gasteiger partial charge in [0.1, 0.15) is 5.02 Å². The van der Waals surface area contributed by atoms with Crippen LogP contribution in [0.5, 0.6) is 0 Å². The third-order valence-corrected chi connectivity index (χ3v) is 3.29. The molecule has 0 saturated heterocycles. The number of amides is 1. The second-order valence-electron chi connectivity index (χ2n) is 4.58. The molecule has 0 heterocycles. The van der Waals surface area contributed by atoms with E-state index >= 15 is 0 Å². The highest BCUT2D eigenvalue weighted by atomic mass is 35.5. The average molecular weight is 301 g/mol. The summed E-state index contributed by atoms with van der Waals surface area (Å²) < 4.78 is 0. The van der Waals surface area contributed by atoms with E-state index in [1.807, 2.05) is 6.92 Å². The molecular weight excluding hydrogens is 284 g/mol. The van der Waals surface area contributed by atoms with Crippen LogP contribution in [0.25, 0.3) is 0 Å². The first-order valence-electron chi connectivity index (χ1n) is 6.29. The molecule has 1 atom stereocenters. The van der Waals surface area contributed by atoms with E-state index in [2.05, 4.69) is 5.32 Å². The molecule has 0 bridgehead atoms. The molecule has 0 fully saturated rings. The van der Waals surface area contributed by atoms with Crippen molar-refractivity contribution in [2.24, 2.45) is 5.92 Å². The van der Waals surface area contributed by atoms with Gasteiger partial charge in [-0.25, -0.2) is 0 Å². The van der Waals surface area contributed by atoms with Crippen LogP contribution < -0.4 is 5.32 Å². The Morgan fingerprint density at radius 1 is 1.55 bits per heavy atom. The Bertz CT molecular complexity index is 493. The molecule has 0 aromatic heterocycles. The van der Waals surface area contributed by atoms with E-state index in [9.17, 15) is 14.9 Å². The standard InChI is InChI=1S/C13H17ClN2O4/c1-9(8-17)4-3-7-15-13(18)10-5-2-6-11(12(10)14)16(19)20/h2,5-6,9,17H,3-4,7-8H2,1H3,(H,15,18). The van der Waals surface area contributed by atoms with Gasteiger partial charge in [0, 0.05) is 19.2 Å². The van der Waals surface area contributed by atoms with Gasteiger partial charge in [0.05, 0.1) is 10.5 Å². The first-order chi connectivity index (χ1) is 9.47. The van der Waals surface area contributed by atoms with Crippen molar-refractivity contribution in [3.63, 3.8) is 0 Å². The summed E-state index contributed by atoms with van der Waals surface area (Å²) in [5.41, 5.74) is -0.190. The highest BCUT2D eigenvalue weighted by molar-refractivity contribution is 6.35. The fraction of sp³-hybridized carbons (Fsp3) is 0.462. The van der Waals surface area contributed by atoms with Crippen molar-refractivity contribution in [1.82, 2.24) is 5.32 Å². The number of carbonyl (C=O) groups is 1. The zero-order valence-corrected chi connectivity index (χ0v) is 11.9. The molecule has 2 N–H and O–H groups in total. The number of hydrogen-bond acceptors (Lipinski definition) is 4. The third-order valence-electron chi connectivity index (χ3n) is 2.89. The number of nitrogens with zero attached hydrogens (tertiary/aromatic N) is 1. The van der Waals surface area contributed by atoms with Crippen molar-refractivity contribution in [3.05, 3.63) is 38.9 Å². The van der Waals surface area contributed by atoms with Crippen LogP contribution in [0.4, 0.5) is 5.69 Å². The molecule has 7 heteroatoms. The fourth-order valence-electron chi connectivity index (χ4n) is 1.68. The Balaban J connectivity index is 2.60.